The van der Waals surface area contributed by atoms with Crippen molar-refractivity contribution in [2.24, 2.45) is 12.5 Å². The highest BCUT2D eigenvalue weighted by Crippen LogP contribution is 2.36. The first-order valence-electron chi connectivity index (χ1n) is 11.6. The molecule has 33 heavy (non-hydrogen) atoms. The number of piperidine rings is 1. The molecule has 0 bridgehead atoms. The van der Waals surface area contributed by atoms with Gasteiger partial charge in [0, 0.05) is 27.2 Å². The van der Waals surface area contributed by atoms with Crippen LogP contribution in [0.3, 0.4) is 0 Å². The van der Waals surface area contributed by atoms with Gasteiger partial charge in [0.25, 0.3) is 0 Å². The van der Waals surface area contributed by atoms with E-state index in [1.54, 1.807) is 18.8 Å². The van der Waals surface area contributed by atoms with Gasteiger partial charge in [-0.05, 0) is 49.4 Å². The summed E-state index contributed by atoms with van der Waals surface area (Å²) in [5.41, 5.74) is 5.20. The summed E-state index contributed by atoms with van der Waals surface area (Å²) in [5, 5.41) is 7.47. The molecule has 1 fully saturated rings. The fourth-order valence-electron chi connectivity index (χ4n) is 5.22. The van der Waals surface area contributed by atoms with E-state index in [1.165, 1.54) is 16.7 Å². The van der Waals surface area contributed by atoms with Crippen LogP contribution in [0.15, 0.2) is 54.6 Å². The molecule has 1 saturated heterocycles. The number of carbonyl (C=O) groups is 1. The Morgan fingerprint density at radius 1 is 1.12 bits per heavy atom. The van der Waals surface area contributed by atoms with Gasteiger partial charge >= 0.3 is 0 Å². The number of amides is 1. The quantitative estimate of drug-likeness (QED) is 0.597. The molecule has 2 aromatic carbocycles. The second-order valence-electron chi connectivity index (χ2n) is 9.11. The fraction of sp³-hybridized carbons (Fsp3) is 0.407. The maximum Gasteiger partial charge on any atom is 0.227 e. The van der Waals surface area contributed by atoms with E-state index in [4.69, 9.17) is 4.74 Å². The lowest BCUT2D eigenvalue weighted by Crippen LogP contribution is -2.52. The van der Waals surface area contributed by atoms with Gasteiger partial charge in [0.05, 0.1) is 23.8 Å². The average Bonchev–Trinajstić information content (AvgIpc) is 3.11. The van der Waals surface area contributed by atoms with Crippen molar-refractivity contribution in [3.63, 3.8) is 0 Å². The number of hydrogen-bond donors (Lipinski definition) is 1. The summed E-state index contributed by atoms with van der Waals surface area (Å²) in [7, 11) is 5.33. The van der Waals surface area contributed by atoms with Crippen molar-refractivity contribution in [1.29, 1.82) is 0 Å². The Balaban J connectivity index is 1.55. The molecule has 0 saturated carbocycles. The molecule has 6 heteroatoms. The van der Waals surface area contributed by atoms with E-state index < -0.39 is 5.41 Å². The van der Waals surface area contributed by atoms with E-state index in [0.717, 1.165) is 49.5 Å². The number of rotatable bonds is 7. The molecule has 4 rings (SSSR count). The van der Waals surface area contributed by atoms with Crippen molar-refractivity contribution in [1.82, 2.24) is 20.0 Å². The number of benzene rings is 2. The van der Waals surface area contributed by atoms with Crippen molar-refractivity contribution in [3.05, 3.63) is 71.4 Å². The molecule has 1 amide bonds. The molecule has 1 atom stereocenters. The first kappa shape index (κ1) is 23.1. The molecule has 1 aliphatic heterocycles. The van der Waals surface area contributed by atoms with Crippen molar-refractivity contribution >= 4 is 5.91 Å². The van der Waals surface area contributed by atoms with E-state index in [2.05, 4.69) is 63.8 Å². The van der Waals surface area contributed by atoms with Gasteiger partial charge in [-0.15, -0.1) is 0 Å². The third kappa shape index (κ3) is 4.81. The van der Waals surface area contributed by atoms with E-state index in [9.17, 15) is 4.79 Å². The van der Waals surface area contributed by atoms with Gasteiger partial charge in [-0.2, -0.15) is 5.10 Å². The molecule has 1 unspecified atom stereocenters. The zero-order valence-electron chi connectivity index (χ0n) is 20.1. The Hall–Kier alpha value is -3.12. The predicted molar refractivity (Wildman–Crippen MR) is 131 cm³/mol. The summed E-state index contributed by atoms with van der Waals surface area (Å²) in [4.78, 5) is 15.6. The minimum atomic E-state index is -0.454. The van der Waals surface area contributed by atoms with Crippen LogP contribution in [0.4, 0.5) is 0 Å². The van der Waals surface area contributed by atoms with E-state index in [1.807, 2.05) is 20.0 Å². The Morgan fingerprint density at radius 2 is 1.82 bits per heavy atom. The van der Waals surface area contributed by atoms with Gasteiger partial charge in [0.1, 0.15) is 0 Å². The van der Waals surface area contributed by atoms with Crippen molar-refractivity contribution < 1.29 is 9.53 Å². The summed E-state index contributed by atoms with van der Waals surface area (Å²) in [5.74, 6) is 0.911. The third-order valence-corrected chi connectivity index (χ3v) is 6.83. The summed E-state index contributed by atoms with van der Waals surface area (Å²) >= 11 is 0. The van der Waals surface area contributed by atoms with E-state index in [0.29, 0.717) is 6.54 Å². The Morgan fingerprint density at radius 3 is 2.48 bits per heavy atom. The normalized spacial score (nSPS) is 18.8. The second kappa shape index (κ2) is 9.79. The lowest BCUT2D eigenvalue weighted by Gasteiger charge is -2.41. The molecule has 1 aromatic heterocycles. The van der Waals surface area contributed by atoms with Crippen LogP contribution in [0.1, 0.15) is 29.7 Å². The fourth-order valence-corrected chi connectivity index (χ4v) is 5.22. The third-order valence-electron chi connectivity index (χ3n) is 6.83. The largest absolute Gasteiger partial charge is 0.481 e. The lowest BCUT2D eigenvalue weighted by atomic mass is 9.74. The number of likely N-dealkylation sites (tertiary alicyclic amines) is 1. The standard InChI is InChI=1S/C27H34N4O2/c1-20-24(25(33-4)30(3)29-20)18-31-16-8-15-27(19-31,26(32)28-2)17-21-11-13-23(14-12-21)22-9-6-5-7-10-22/h5-7,9-14H,8,15-19H2,1-4H3,(H,28,32). The highest BCUT2D eigenvalue weighted by atomic mass is 16.5. The van der Waals surface area contributed by atoms with Crippen LogP contribution < -0.4 is 10.1 Å². The average molecular weight is 447 g/mol. The van der Waals surface area contributed by atoms with Crippen LogP contribution in [0.25, 0.3) is 11.1 Å². The SMILES string of the molecule is CNC(=O)C1(Cc2ccc(-c3ccccc3)cc2)CCCN(Cc2c(C)nn(C)c2OC)C1. The van der Waals surface area contributed by atoms with Crippen LogP contribution in [0.5, 0.6) is 5.88 Å². The number of ether oxygens (including phenoxy) is 1. The smallest absolute Gasteiger partial charge is 0.227 e. The number of hydrogen-bond acceptors (Lipinski definition) is 4. The molecule has 1 aliphatic rings. The van der Waals surface area contributed by atoms with E-state index in [-0.39, 0.29) is 5.91 Å². The minimum absolute atomic E-state index is 0.120. The van der Waals surface area contributed by atoms with Gasteiger partial charge in [0.15, 0.2) is 0 Å². The van der Waals surface area contributed by atoms with Gasteiger partial charge < -0.3 is 10.1 Å². The molecule has 0 spiro atoms. The zero-order valence-corrected chi connectivity index (χ0v) is 20.1. The van der Waals surface area contributed by atoms with Gasteiger partial charge in [-0.25, -0.2) is 4.68 Å². The van der Waals surface area contributed by atoms with Gasteiger partial charge in [0.2, 0.25) is 11.8 Å². The number of carbonyl (C=O) groups excluding carboxylic acids is 1. The van der Waals surface area contributed by atoms with Crippen LogP contribution in [-0.2, 0) is 24.8 Å². The molecule has 0 aliphatic carbocycles. The minimum Gasteiger partial charge on any atom is -0.481 e. The first-order chi connectivity index (χ1) is 16.0. The molecule has 0 radical (unpaired) electrons. The molecule has 174 valence electrons. The Labute approximate surface area is 196 Å². The zero-order chi connectivity index (χ0) is 23.4. The van der Waals surface area contributed by atoms with Gasteiger partial charge in [-0.3, -0.25) is 9.69 Å². The van der Waals surface area contributed by atoms with Crippen molar-refractivity contribution in [3.8, 4) is 17.0 Å². The van der Waals surface area contributed by atoms with Crippen LogP contribution in [0, 0.1) is 12.3 Å². The number of nitrogens with one attached hydrogen (secondary N) is 1. The van der Waals surface area contributed by atoms with Crippen LogP contribution in [0.2, 0.25) is 0 Å². The van der Waals surface area contributed by atoms with Crippen LogP contribution >= 0.6 is 0 Å². The molecular formula is C27H34N4O2. The molecule has 3 aromatic rings. The highest BCUT2D eigenvalue weighted by molar-refractivity contribution is 5.83. The van der Waals surface area contributed by atoms with Crippen molar-refractivity contribution in [2.75, 3.05) is 27.2 Å². The number of nitrogens with zero attached hydrogens (tertiary/aromatic N) is 3. The highest BCUT2D eigenvalue weighted by Gasteiger charge is 2.42. The number of aromatic nitrogens is 2. The summed E-state index contributed by atoms with van der Waals surface area (Å²) < 4.78 is 7.38. The Bertz CT molecular complexity index is 1090. The molecule has 6 nitrogen and oxygen atoms in total. The number of methoxy groups -OCH3 is 1. The Kier molecular flexibility index (Phi) is 6.84. The topological polar surface area (TPSA) is 59.4 Å². The first-order valence-corrected chi connectivity index (χ1v) is 11.6. The molecule has 2 heterocycles. The summed E-state index contributed by atoms with van der Waals surface area (Å²) in [6, 6.07) is 19.0. The summed E-state index contributed by atoms with van der Waals surface area (Å²) in [6.07, 6.45) is 2.59. The monoisotopic (exact) mass is 446 g/mol. The maximum atomic E-state index is 13.2. The summed E-state index contributed by atoms with van der Waals surface area (Å²) in [6.45, 7) is 4.42. The second-order valence-corrected chi connectivity index (χ2v) is 9.11. The number of aryl methyl sites for hydroxylation is 2. The lowest BCUT2D eigenvalue weighted by molar-refractivity contribution is -0.134. The molecular weight excluding hydrogens is 412 g/mol. The predicted octanol–water partition coefficient (Wildman–Crippen LogP) is 3.98. The van der Waals surface area contributed by atoms with E-state index >= 15 is 0 Å². The molecule has 1 N–H and O–H groups in total. The van der Waals surface area contributed by atoms with Crippen molar-refractivity contribution in [2.45, 2.75) is 32.7 Å². The van der Waals surface area contributed by atoms with Crippen LogP contribution in [-0.4, -0.2) is 47.8 Å². The van der Waals surface area contributed by atoms with Gasteiger partial charge in [-0.1, -0.05) is 54.6 Å². The maximum absolute atomic E-state index is 13.2.